The molecule has 0 fully saturated rings. The van der Waals surface area contributed by atoms with E-state index in [2.05, 4.69) is 43.1 Å². The van der Waals surface area contributed by atoms with E-state index in [1.54, 1.807) is 92.7 Å². The Kier molecular flexibility index (Phi) is 18.7. The molecule has 0 aliphatic carbocycles. The van der Waals surface area contributed by atoms with Gasteiger partial charge in [0.15, 0.2) is 23.0 Å². The molecule has 0 saturated heterocycles. The molecule has 4 aromatic carbocycles. The summed E-state index contributed by atoms with van der Waals surface area (Å²) in [4.78, 5) is 100. The van der Waals surface area contributed by atoms with Crippen LogP contribution in [0.2, 0.25) is 5.15 Å². The summed E-state index contributed by atoms with van der Waals surface area (Å²) in [5.74, 6) is 0.146. The second-order valence-electron chi connectivity index (χ2n) is 20.4. The van der Waals surface area contributed by atoms with Crippen LogP contribution in [0.4, 0.5) is 28.8 Å². The molecule has 4 atom stereocenters. The van der Waals surface area contributed by atoms with Gasteiger partial charge in [0, 0.05) is 80.9 Å². The van der Waals surface area contributed by atoms with Crippen molar-refractivity contribution in [2.75, 3.05) is 57.0 Å². The van der Waals surface area contributed by atoms with Crippen molar-refractivity contribution in [3.05, 3.63) is 131 Å². The lowest BCUT2D eigenvalue weighted by atomic mass is 10.0. The van der Waals surface area contributed by atoms with Gasteiger partial charge in [0.1, 0.15) is 28.8 Å². The third-order valence-electron chi connectivity index (χ3n) is 14.2. The number of nitrogens with one attached hydrogen (secondary N) is 5. The zero-order valence-electron chi connectivity index (χ0n) is 47.2. The van der Waals surface area contributed by atoms with E-state index in [4.69, 9.17) is 45.3 Å². The molecule has 9 rings (SSSR count). The molecule has 0 unspecified atom stereocenters. The number of fused-ring (bicyclic) bond motifs is 4. The SMILES string of the molecule is C=CC(=O)Nc1cc(Cl)nc(NCCCC(=O)N[C@H](C(=O)N[C@@H](C)C(=O)Nc2ccc(C3=CN4C(=O)c5cc(OC)c(OCCCOc6cc7c(cc6OC)C(=O)N6C=C(c8ccc(OC)cc8)C[C@@H]6C=N7)cc5N=C[C@@H]4C3)cc2)C(C)C)n1. The van der Waals surface area contributed by atoms with Crippen LogP contribution in [0.5, 0.6) is 28.7 Å². The summed E-state index contributed by atoms with van der Waals surface area (Å²) in [5.41, 5.74) is 5.91. The number of aromatic nitrogens is 2. The fourth-order valence-corrected chi connectivity index (χ4v) is 9.91. The monoisotopic (exact) mass is 1160 g/mol. The van der Waals surface area contributed by atoms with Crippen molar-refractivity contribution in [2.45, 2.75) is 77.0 Å². The number of carbonyl (C=O) groups excluding carboxylic acids is 6. The fraction of sp³-hybridized carbons (Fsp3) is 0.311. The maximum atomic E-state index is 14.1. The highest BCUT2D eigenvalue weighted by Gasteiger charge is 2.36. The average Bonchev–Trinajstić information content (AvgIpc) is 3.99. The van der Waals surface area contributed by atoms with Crippen LogP contribution >= 0.6 is 11.6 Å². The maximum Gasteiger partial charge on any atom is 0.260 e. The largest absolute Gasteiger partial charge is 0.497 e. The summed E-state index contributed by atoms with van der Waals surface area (Å²) in [6, 6.07) is 20.5. The van der Waals surface area contributed by atoms with Crippen molar-refractivity contribution in [2.24, 2.45) is 15.9 Å². The fourth-order valence-electron chi connectivity index (χ4n) is 9.73. The maximum absolute atomic E-state index is 14.1. The Bertz CT molecular complexity index is 3490. The Labute approximate surface area is 490 Å². The second-order valence-corrected chi connectivity index (χ2v) is 20.7. The number of methoxy groups -OCH3 is 3. The molecule has 436 valence electrons. The highest BCUT2D eigenvalue weighted by atomic mass is 35.5. The molecule has 5 N–H and O–H groups in total. The first-order chi connectivity index (χ1) is 40.5. The molecule has 84 heavy (non-hydrogen) atoms. The topological polar surface area (TPSA) is 266 Å². The molecular weight excluding hydrogens is 1100 g/mol. The third kappa shape index (κ3) is 13.8. The summed E-state index contributed by atoms with van der Waals surface area (Å²) < 4.78 is 29.0. The lowest BCUT2D eigenvalue weighted by Crippen LogP contribution is -2.53. The predicted octanol–water partition coefficient (Wildman–Crippen LogP) is 8.55. The van der Waals surface area contributed by atoms with E-state index in [1.165, 1.54) is 20.3 Å². The zero-order valence-corrected chi connectivity index (χ0v) is 48.0. The van der Waals surface area contributed by atoms with Crippen molar-refractivity contribution in [1.29, 1.82) is 0 Å². The van der Waals surface area contributed by atoms with Gasteiger partial charge < -0.3 is 60.1 Å². The number of hydrogen-bond acceptors (Lipinski definition) is 16. The molecule has 5 aromatic rings. The van der Waals surface area contributed by atoms with Crippen LogP contribution in [0.3, 0.4) is 0 Å². The number of aliphatic imine (C=N–C) groups is 2. The van der Waals surface area contributed by atoms with Crippen LogP contribution in [0.15, 0.2) is 114 Å². The van der Waals surface area contributed by atoms with Crippen LogP contribution in [0, 0.1) is 5.92 Å². The van der Waals surface area contributed by atoms with Crippen LogP contribution in [0.25, 0.3) is 11.1 Å². The normalized spacial score (nSPS) is 16.3. The number of hydrogen-bond donors (Lipinski definition) is 5. The number of nitrogens with zero attached hydrogens (tertiary/aromatic N) is 6. The van der Waals surface area contributed by atoms with Crippen LogP contribution in [-0.4, -0.2) is 133 Å². The van der Waals surface area contributed by atoms with Gasteiger partial charge in [-0.2, -0.15) is 4.98 Å². The van der Waals surface area contributed by atoms with E-state index in [0.717, 1.165) is 34.1 Å². The first-order valence-electron chi connectivity index (χ1n) is 27.2. The molecule has 22 nitrogen and oxygen atoms in total. The first-order valence-corrected chi connectivity index (χ1v) is 27.6. The number of ether oxygens (including phenoxy) is 5. The van der Waals surface area contributed by atoms with Crippen molar-refractivity contribution in [3.8, 4) is 28.7 Å². The van der Waals surface area contributed by atoms with Gasteiger partial charge in [-0.15, -0.1) is 0 Å². The summed E-state index contributed by atoms with van der Waals surface area (Å²) >= 11 is 6.05. The van der Waals surface area contributed by atoms with E-state index in [9.17, 15) is 28.8 Å². The van der Waals surface area contributed by atoms with Gasteiger partial charge in [0.2, 0.25) is 29.6 Å². The Balaban J connectivity index is 0.734. The third-order valence-corrected chi connectivity index (χ3v) is 14.4. The van der Waals surface area contributed by atoms with Gasteiger partial charge >= 0.3 is 0 Å². The molecule has 1 aromatic heterocycles. The van der Waals surface area contributed by atoms with Crippen molar-refractivity contribution >= 4 is 99.4 Å². The predicted molar refractivity (Wildman–Crippen MR) is 319 cm³/mol. The summed E-state index contributed by atoms with van der Waals surface area (Å²) in [7, 11) is 4.65. The summed E-state index contributed by atoms with van der Waals surface area (Å²) in [6.45, 7) is 9.32. The Morgan fingerprint density at radius 3 is 1.77 bits per heavy atom. The average molecular weight is 1160 g/mol. The van der Waals surface area contributed by atoms with Crippen LogP contribution < -0.4 is 50.3 Å². The minimum Gasteiger partial charge on any atom is -0.497 e. The number of anilines is 3. The molecule has 5 heterocycles. The Hall–Kier alpha value is -9.57. The van der Waals surface area contributed by atoms with Crippen molar-refractivity contribution in [3.63, 3.8) is 0 Å². The smallest absolute Gasteiger partial charge is 0.260 e. The summed E-state index contributed by atoms with van der Waals surface area (Å²) in [6.07, 6.45) is 10.3. The van der Waals surface area contributed by atoms with E-state index >= 15 is 0 Å². The first kappa shape index (κ1) is 59.1. The standard InChI is InChI=1S/C61H64ClN11O11/c1-8-54(74)69-53-29-52(62)68-61(70-53)63-20-9-11-55(75)71-56(34(2)3)58(77)66-35(4)57(76)67-40-16-12-36(13-17-40)38-23-41-30-64-46-27-50(48(81-6)25-44(46)59(78)72(41)32-38)83-21-10-22-84-51-28-47-45(26-49(51)82-7)60(79)73-33-39(24-42(73)31-65-47)37-14-18-43(80-5)19-15-37/h8,12-19,25-35,41-42,56H,1,9-11,20-24H2,2-7H3,(H,66,77)(H,67,76)(H,71,75)(H2,63,68,69,70,74)/t35-,41-,42+,56-/m0/s1. The van der Waals surface area contributed by atoms with E-state index in [-0.39, 0.29) is 72.3 Å². The van der Waals surface area contributed by atoms with Crippen molar-refractivity contribution < 1.29 is 52.5 Å². The minimum absolute atomic E-state index is 0.0727. The lowest BCUT2D eigenvalue weighted by Gasteiger charge is -2.24. The number of halogens is 1. The van der Waals surface area contributed by atoms with Gasteiger partial charge in [-0.3, -0.25) is 38.8 Å². The molecular formula is C61H64ClN11O11. The molecule has 0 saturated carbocycles. The van der Waals surface area contributed by atoms with Crippen LogP contribution in [-0.2, 0) is 19.2 Å². The number of amides is 6. The molecule has 4 aliphatic heterocycles. The van der Waals surface area contributed by atoms with E-state index in [0.29, 0.717) is 83.4 Å². The molecule has 0 bridgehead atoms. The molecule has 23 heteroatoms. The Morgan fingerprint density at radius 1 is 0.690 bits per heavy atom. The summed E-state index contributed by atoms with van der Waals surface area (Å²) in [5, 5.41) is 13.9. The quantitative estimate of drug-likeness (QED) is 0.0220. The molecule has 0 spiro atoms. The van der Waals surface area contributed by atoms with Gasteiger partial charge in [0.05, 0.1) is 69.1 Å². The van der Waals surface area contributed by atoms with Crippen molar-refractivity contribution in [1.82, 2.24) is 30.4 Å². The van der Waals surface area contributed by atoms with Gasteiger partial charge in [-0.1, -0.05) is 56.3 Å². The molecule has 0 radical (unpaired) electrons. The van der Waals surface area contributed by atoms with Gasteiger partial charge in [-0.05, 0) is 84.0 Å². The Morgan fingerprint density at radius 2 is 1.25 bits per heavy atom. The molecule has 6 amide bonds. The van der Waals surface area contributed by atoms with E-state index < -0.39 is 29.8 Å². The highest BCUT2D eigenvalue weighted by Crippen LogP contribution is 2.42. The number of rotatable bonds is 24. The number of carbonyl (C=O) groups is 6. The lowest BCUT2D eigenvalue weighted by molar-refractivity contribution is -0.131. The van der Waals surface area contributed by atoms with Gasteiger partial charge in [0.25, 0.3) is 11.8 Å². The zero-order chi connectivity index (χ0) is 59.6. The minimum atomic E-state index is -0.946. The molecule has 4 aliphatic rings. The van der Waals surface area contributed by atoms with E-state index in [1.807, 2.05) is 42.6 Å². The number of benzene rings is 4. The van der Waals surface area contributed by atoms with Gasteiger partial charge in [-0.25, -0.2) is 4.98 Å². The second kappa shape index (κ2) is 26.6. The highest BCUT2D eigenvalue weighted by molar-refractivity contribution is 6.29. The van der Waals surface area contributed by atoms with Crippen LogP contribution in [0.1, 0.15) is 84.7 Å².